The van der Waals surface area contributed by atoms with Crippen molar-refractivity contribution in [3.8, 4) is 0 Å². The van der Waals surface area contributed by atoms with Gasteiger partial charge in [-0.15, -0.1) is 0 Å². The Morgan fingerprint density at radius 2 is 1.19 bits per heavy atom. The Kier molecular flexibility index (Phi) is 4.53. The van der Waals surface area contributed by atoms with Gasteiger partial charge >= 0.3 is 0 Å². The average Bonchev–Trinajstić information content (AvgIpc) is 2.30. The lowest BCUT2D eigenvalue weighted by Crippen LogP contribution is -1.89. The summed E-state index contributed by atoms with van der Waals surface area (Å²) in [4.78, 5) is 0. The van der Waals surface area contributed by atoms with Crippen LogP contribution < -0.4 is 0 Å². The third-order valence-corrected chi connectivity index (χ3v) is 2.69. The van der Waals surface area contributed by atoms with E-state index in [2.05, 4.69) is 51.3 Å². The Hall–Kier alpha value is -1.82. The molecule has 0 N–H and O–H groups in total. The van der Waals surface area contributed by atoms with E-state index in [4.69, 9.17) is 0 Å². The number of hydrogen-bond donors (Lipinski definition) is 0. The van der Waals surface area contributed by atoms with Gasteiger partial charge in [0.25, 0.3) is 0 Å². The van der Waals surface area contributed by atoms with Gasteiger partial charge in [-0.05, 0) is 36.1 Å². The molecule has 1 aromatic rings. The van der Waals surface area contributed by atoms with Crippen LogP contribution in [0.1, 0.15) is 22.3 Å². The summed E-state index contributed by atoms with van der Waals surface area (Å²) in [6, 6.07) is 4.26. The number of allylic oxidation sites excluding steroid dienone is 4. The van der Waals surface area contributed by atoms with Crippen LogP contribution in [0.3, 0.4) is 0 Å². The Labute approximate surface area is 98.3 Å². The molecule has 0 aromatic heterocycles. The van der Waals surface area contributed by atoms with Crippen LogP contribution in [0.2, 0.25) is 0 Å². The van der Waals surface area contributed by atoms with E-state index in [1.807, 2.05) is 12.2 Å². The largest absolute Gasteiger partial charge is 0.0991 e. The molecule has 0 bridgehead atoms. The predicted octanol–water partition coefficient (Wildman–Crippen LogP) is 4.70. The topological polar surface area (TPSA) is 0 Å². The highest BCUT2D eigenvalue weighted by atomic mass is 14.1. The molecule has 0 amide bonds. The van der Waals surface area contributed by atoms with Crippen molar-refractivity contribution in [1.82, 2.24) is 0 Å². The summed E-state index contributed by atoms with van der Waals surface area (Å²) in [5.41, 5.74) is 5.11. The SMILES string of the molecule is C=C/C=C\c1ccc(/C=C\C=C)c(C)c1C. The van der Waals surface area contributed by atoms with Gasteiger partial charge in [0.1, 0.15) is 0 Å². The molecule has 0 heteroatoms. The van der Waals surface area contributed by atoms with Crippen molar-refractivity contribution in [2.75, 3.05) is 0 Å². The summed E-state index contributed by atoms with van der Waals surface area (Å²) in [5, 5.41) is 0. The van der Waals surface area contributed by atoms with Crippen LogP contribution in [-0.4, -0.2) is 0 Å². The van der Waals surface area contributed by atoms with Gasteiger partial charge in [0.05, 0.1) is 0 Å². The molecule has 82 valence electrons. The molecular formula is C16H18. The Balaban J connectivity index is 3.17. The summed E-state index contributed by atoms with van der Waals surface area (Å²) in [6.07, 6.45) is 11.7. The molecule has 0 fully saturated rings. The monoisotopic (exact) mass is 210 g/mol. The molecule has 0 spiro atoms. The van der Waals surface area contributed by atoms with Gasteiger partial charge < -0.3 is 0 Å². The van der Waals surface area contributed by atoms with Crippen molar-refractivity contribution in [3.63, 3.8) is 0 Å². The fourth-order valence-corrected chi connectivity index (χ4v) is 1.57. The molecule has 0 aliphatic heterocycles. The van der Waals surface area contributed by atoms with E-state index < -0.39 is 0 Å². The van der Waals surface area contributed by atoms with E-state index in [0.29, 0.717) is 0 Å². The van der Waals surface area contributed by atoms with Gasteiger partial charge in [-0.3, -0.25) is 0 Å². The van der Waals surface area contributed by atoms with Crippen LogP contribution in [0.15, 0.2) is 49.6 Å². The van der Waals surface area contributed by atoms with Crippen LogP contribution in [-0.2, 0) is 0 Å². The quantitative estimate of drug-likeness (QED) is 0.632. The molecule has 1 aromatic carbocycles. The first-order valence-corrected chi connectivity index (χ1v) is 5.39. The van der Waals surface area contributed by atoms with Crippen LogP contribution in [0, 0.1) is 13.8 Å². The molecule has 0 heterocycles. The van der Waals surface area contributed by atoms with Crippen LogP contribution in [0.4, 0.5) is 0 Å². The van der Waals surface area contributed by atoms with Crippen LogP contribution >= 0.6 is 0 Å². The third-order valence-electron chi connectivity index (χ3n) is 2.69. The standard InChI is InChI=1S/C16H18/c1-5-7-9-15-11-12-16(10-8-6-2)14(4)13(15)3/h5-12H,1-2H2,3-4H3/b9-7-,10-8-. The molecule has 0 radical (unpaired) electrons. The molecule has 0 aliphatic carbocycles. The molecule has 0 saturated carbocycles. The van der Waals surface area contributed by atoms with E-state index in [9.17, 15) is 0 Å². The molecule has 1 rings (SSSR count). The van der Waals surface area contributed by atoms with Gasteiger partial charge in [0.2, 0.25) is 0 Å². The highest BCUT2D eigenvalue weighted by Crippen LogP contribution is 2.20. The molecule has 0 unspecified atom stereocenters. The molecule has 0 aliphatic rings. The first-order valence-electron chi connectivity index (χ1n) is 5.39. The van der Waals surface area contributed by atoms with Gasteiger partial charge in [-0.2, -0.15) is 0 Å². The maximum atomic E-state index is 3.68. The molecule has 16 heavy (non-hydrogen) atoms. The minimum absolute atomic E-state index is 1.24. The second-order valence-electron chi connectivity index (χ2n) is 3.68. The van der Waals surface area contributed by atoms with Crippen molar-refractivity contribution in [3.05, 3.63) is 71.8 Å². The normalized spacial score (nSPS) is 11.1. The molecular weight excluding hydrogens is 192 g/mol. The zero-order valence-corrected chi connectivity index (χ0v) is 10.0. The summed E-state index contributed by atoms with van der Waals surface area (Å²) in [7, 11) is 0. The van der Waals surface area contributed by atoms with Gasteiger partial charge in [0.15, 0.2) is 0 Å². The fraction of sp³-hybridized carbons (Fsp3) is 0.125. The predicted molar refractivity (Wildman–Crippen MR) is 74.4 cm³/mol. The van der Waals surface area contributed by atoms with Crippen LogP contribution in [0.5, 0.6) is 0 Å². The lowest BCUT2D eigenvalue weighted by atomic mass is 9.97. The highest BCUT2D eigenvalue weighted by Gasteiger charge is 2.01. The van der Waals surface area contributed by atoms with Crippen molar-refractivity contribution in [2.45, 2.75) is 13.8 Å². The Morgan fingerprint density at radius 1 is 0.812 bits per heavy atom. The zero-order valence-electron chi connectivity index (χ0n) is 10.0. The van der Waals surface area contributed by atoms with Gasteiger partial charge in [-0.25, -0.2) is 0 Å². The lowest BCUT2D eigenvalue weighted by Gasteiger charge is -2.08. The first-order chi connectivity index (χ1) is 7.70. The van der Waals surface area contributed by atoms with E-state index >= 15 is 0 Å². The summed E-state index contributed by atoms with van der Waals surface area (Å²) in [5.74, 6) is 0. The second-order valence-corrected chi connectivity index (χ2v) is 3.68. The maximum Gasteiger partial charge on any atom is -0.0224 e. The van der Waals surface area contributed by atoms with Crippen LogP contribution in [0.25, 0.3) is 12.2 Å². The fourth-order valence-electron chi connectivity index (χ4n) is 1.57. The van der Waals surface area contributed by atoms with E-state index in [1.165, 1.54) is 22.3 Å². The Bertz CT molecular complexity index is 402. The highest BCUT2D eigenvalue weighted by molar-refractivity contribution is 5.64. The second kappa shape index (κ2) is 5.92. The van der Waals surface area contributed by atoms with Crippen molar-refractivity contribution >= 4 is 12.2 Å². The number of rotatable bonds is 4. The van der Waals surface area contributed by atoms with Crippen molar-refractivity contribution in [2.24, 2.45) is 0 Å². The van der Waals surface area contributed by atoms with Gasteiger partial charge in [-0.1, -0.05) is 61.7 Å². The van der Waals surface area contributed by atoms with E-state index in [0.717, 1.165) is 0 Å². The Morgan fingerprint density at radius 3 is 1.50 bits per heavy atom. The van der Waals surface area contributed by atoms with Gasteiger partial charge in [0, 0.05) is 0 Å². The smallest absolute Gasteiger partial charge is 0.0224 e. The van der Waals surface area contributed by atoms with E-state index in [-0.39, 0.29) is 0 Å². The van der Waals surface area contributed by atoms with E-state index in [1.54, 1.807) is 12.2 Å². The number of benzene rings is 1. The summed E-state index contributed by atoms with van der Waals surface area (Å²) in [6.45, 7) is 11.6. The zero-order chi connectivity index (χ0) is 12.0. The summed E-state index contributed by atoms with van der Waals surface area (Å²) >= 11 is 0. The average molecular weight is 210 g/mol. The maximum absolute atomic E-state index is 3.68. The number of hydrogen-bond acceptors (Lipinski definition) is 0. The minimum atomic E-state index is 1.24. The third kappa shape index (κ3) is 2.83. The molecule has 0 nitrogen and oxygen atoms in total. The first kappa shape index (κ1) is 12.3. The summed E-state index contributed by atoms with van der Waals surface area (Å²) < 4.78 is 0. The minimum Gasteiger partial charge on any atom is -0.0991 e. The lowest BCUT2D eigenvalue weighted by molar-refractivity contribution is 1.31. The van der Waals surface area contributed by atoms with Crippen molar-refractivity contribution < 1.29 is 0 Å². The molecule has 0 saturated heterocycles. The van der Waals surface area contributed by atoms with Crippen molar-refractivity contribution in [1.29, 1.82) is 0 Å². The molecule has 0 atom stereocenters.